The number of hydrogen-bond acceptors (Lipinski definition) is 3. The van der Waals surface area contributed by atoms with Gasteiger partial charge in [0.05, 0.1) is 0 Å². The third kappa shape index (κ3) is 5.19. The quantitative estimate of drug-likeness (QED) is 0.874. The van der Waals surface area contributed by atoms with Crippen LogP contribution in [0.5, 0.6) is 0 Å². The van der Waals surface area contributed by atoms with Crippen LogP contribution in [0, 0.1) is 5.92 Å². The Morgan fingerprint density at radius 1 is 1.12 bits per heavy atom. The normalized spacial score (nSPS) is 19.2. The molecule has 3 rings (SSSR count). The highest BCUT2D eigenvalue weighted by molar-refractivity contribution is 6.30. The largest absolute Gasteiger partial charge is 0.341 e. The molecule has 1 aliphatic heterocycles. The smallest absolute Gasteiger partial charge is 0.225 e. The van der Waals surface area contributed by atoms with E-state index in [1.807, 2.05) is 17.0 Å². The van der Waals surface area contributed by atoms with Gasteiger partial charge in [0.1, 0.15) is 0 Å². The second-order valence-electron chi connectivity index (χ2n) is 6.96. The predicted octanol–water partition coefficient (Wildman–Crippen LogP) is 3.00. The van der Waals surface area contributed by atoms with Gasteiger partial charge in [0.25, 0.3) is 0 Å². The molecule has 2 amide bonds. The van der Waals surface area contributed by atoms with Crippen LogP contribution in [-0.4, -0.2) is 54.3 Å². The first-order valence-corrected chi connectivity index (χ1v) is 9.56. The van der Waals surface area contributed by atoms with E-state index in [9.17, 15) is 9.59 Å². The summed E-state index contributed by atoms with van der Waals surface area (Å²) in [7, 11) is 0. The average molecular weight is 364 g/mol. The van der Waals surface area contributed by atoms with E-state index in [1.165, 1.54) is 6.42 Å². The summed E-state index contributed by atoms with van der Waals surface area (Å²) in [6.45, 7) is 4.14. The Labute approximate surface area is 154 Å². The Hall–Kier alpha value is -1.59. The molecule has 2 fully saturated rings. The minimum absolute atomic E-state index is 0.00564. The highest BCUT2D eigenvalue weighted by Crippen LogP contribution is 2.28. The van der Waals surface area contributed by atoms with Gasteiger partial charge >= 0.3 is 0 Å². The molecule has 0 bridgehead atoms. The standard InChI is InChI=1S/C19H26ClN3O2/c20-16-6-2-7-17(14-16)21-18(24)8-11-22-9-3-10-23(13-12-22)19(25)15-4-1-5-15/h2,6-7,14-15H,1,3-5,8-13H2,(H,21,24). The molecule has 1 saturated heterocycles. The highest BCUT2D eigenvalue weighted by Gasteiger charge is 2.30. The number of nitrogens with one attached hydrogen (secondary N) is 1. The van der Waals surface area contributed by atoms with Crippen LogP contribution in [-0.2, 0) is 9.59 Å². The Morgan fingerprint density at radius 2 is 1.96 bits per heavy atom. The number of nitrogens with zero attached hydrogens (tertiary/aromatic N) is 2. The Bertz CT molecular complexity index is 618. The SMILES string of the molecule is O=C(CCN1CCCN(C(=O)C2CCC2)CC1)Nc1cccc(Cl)c1. The van der Waals surface area contributed by atoms with Gasteiger partial charge in [-0.3, -0.25) is 9.59 Å². The van der Waals surface area contributed by atoms with Crippen molar-refractivity contribution in [3.05, 3.63) is 29.3 Å². The molecule has 1 N–H and O–H groups in total. The van der Waals surface area contributed by atoms with E-state index < -0.39 is 0 Å². The van der Waals surface area contributed by atoms with Crippen LogP contribution in [0.1, 0.15) is 32.1 Å². The van der Waals surface area contributed by atoms with Gasteiger partial charge in [0, 0.05) is 49.2 Å². The van der Waals surface area contributed by atoms with Gasteiger partial charge in [-0.25, -0.2) is 0 Å². The number of amides is 2. The fourth-order valence-electron chi connectivity index (χ4n) is 3.38. The van der Waals surface area contributed by atoms with Crippen molar-refractivity contribution in [2.45, 2.75) is 32.1 Å². The Balaban J connectivity index is 1.41. The van der Waals surface area contributed by atoms with E-state index in [1.54, 1.807) is 12.1 Å². The van der Waals surface area contributed by atoms with E-state index in [0.717, 1.165) is 57.7 Å². The van der Waals surface area contributed by atoms with E-state index >= 15 is 0 Å². The summed E-state index contributed by atoms with van der Waals surface area (Å²) in [4.78, 5) is 28.8. The minimum atomic E-state index is -0.00564. The van der Waals surface area contributed by atoms with E-state index in [0.29, 0.717) is 17.4 Å². The third-order valence-electron chi connectivity index (χ3n) is 5.12. The maximum absolute atomic E-state index is 12.4. The number of halogens is 1. The molecule has 6 heteroatoms. The molecule has 1 saturated carbocycles. The zero-order chi connectivity index (χ0) is 17.6. The molecule has 1 aromatic carbocycles. The molecule has 0 aromatic heterocycles. The summed E-state index contributed by atoms with van der Waals surface area (Å²) < 4.78 is 0. The van der Waals surface area contributed by atoms with Gasteiger partial charge < -0.3 is 15.1 Å². The summed E-state index contributed by atoms with van der Waals surface area (Å²) in [6.07, 6.45) is 4.74. The second-order valence-corrected chi connectivity index (χ2v) is 7.39. The monoisotopic (exact) mass is 363 g/mol. The summed E-state index contributed by atoms with van der Waals surface area (Å²) in [5, 5.41) is 3.49. The Kier molecular flexibility index (Phi) is 6.32. The number of carbonyl (C=O) groups excluding carboxylic acids is 2. The first kappa shape index (κ1) is 18.2. The number of hydrogen-bond donors (Lipinski definition) is 1. The molecule has 0 atom stereocenters. The van der Waals surface area contributed by atoms with Gasteiger partial charge in [0.2, 0.25) is 11.8 Å². The summed E-state index contributed by atoms with van der Waals surface area (Å²) in [6, 6.07) is 7.18. The van der Waals surface area contributed by atoms with Crippen molar-refractivity contribution < 1.29 is 9.59 Å². The summed E-state index contributed by atoms with van der Waals surface area (Å²) >= 11 is 5.93. The Morgan fingerprint density at radius 3 is 2.68 bits per heavy atom. The first-order valence-electron chi connectivity index (χ1n) is 9.18. The maximum atomic E-state index is 12.4. The molecule has 1 heterocycles. The fourth-order valence-corrected chi connectivity index (χ4v) is 3.57. The predicted molar refractivity (Wildman–Crippen MR) is 99.7 cm³/mol. The van der Waals surface area contributed by atoms with Crippen LogP contribution < -0.4 is 5.32 Å². The lowest BCUT2D eigenvalue weighted by Gasteiger charge is -2.31. The number of carbonyl (C=O) groups is 2. The fraction of sp³-hybridized carbons (Fsp3) is 0.579. The van der Waals surface area contributed by atoms with E-state index in [4.69, 9.17) is 11.6 Å². The van der Waals surface area contributed by atoms with Gasteiger partial charge in [-0.1, -0.05) is 24.1 Å². The lowest BCUT2D eigenvalue weighted by molar-refractivity contribution is -0.138. The van der Waals surface area contributed by atoms with Crippen molar-refractivity contribution in [3.63, 3.8) is 0 Å². The van der Waals surface area contributed by atoms with Gasteiger partial charge in [-0.2, -0.15) is 0 Å². The minimum Gasteiger partial charge on any atom is -0.341 e. The van der Waals surface area contributed by atoms with Gasteiger partial charge in [-0.15, -0.1) is 0 Å². The average Bonchev–Trinajstić information content (AvgIpc) is 2.77. The molecular weight excluding hydrogens is 338 g/mol. The molecule has 5 nitrogen and oxygen atoms in total. The van der Waals surface area contributed by atoms with Crippen molar-refractivity contribution in [1.29, 1.82) is 0 Å². The maximum Gasteiger partial charge on any atom is 0.225 e. The number of rotatable bonds is 5. The van der Waals surface area contributed by atoms with Crippen molar-refractivity contribution >= 4 is 29.1 Å². The summed E-state index contributed by atoms with van der Waals surface area (Å²) in [5.74, 6) is 0.607. The molecule has 0 spiro atoms. The topological polar surface area (TPSA) is 52.7 Å². The molecule has 0 unspecified atom stereocenters. The summed E-state index contributed by atoms with van der Waals surface area (Å²) in [5.41, 5.74) is 0.727. The molecule has 25 heavy (non-hydrogen) atoms. The van der Waals surface area contributed by atoms with Crippen LogP contribution in [0.3, 0.4) is 0 Å². The van der Waals surface area contributed by atoms with Gasteiger partial charge in [0.15, 0.2) is 0 Å². The van der Waals surface area contributed by atoms with Crippen LogP contribution in [0.2, 0.25) is 5.02 Å². The molecular formula is C19H26ClN3O2. The molecule has 0 radical (unpaired) electrons. The van der Waals surface area contributed by atoms with E-state index in [-0.39, 0.29) is 11.8 Å². The van der Waals surface area contributed by atoms with Crippen molar-refractivity contribution in [2.24, 2.45) is 5.92 Å². The van der Waals surface area contributed by atoms with Gasteiger partial charge in [-0.05, 0) is 44.0 Å². The van der Waals surface area contributed by atoms with Crippen molar-refractivity contribution in [3.8, 4) is 0 Å². The zero-order valence-electron chi connectivity index (χ0n) is 14.5. The third-order valence-corrected chi connectivity index (χ3v) is 5.35. The van der Waals surface area contributed by atoms with Crippen molar-refractivity contribution in [2.75, 3.05) is 38.0 Å². The molecule has 136 valence electrons. The second kappa shape index (κ2) is 8.68. The van der Waals surface area contributed by atoms with Crippen LogP contribution in [0.25, 0.3) is 0 Å². The highest BCUT2D eigenvalue weighted by atomic mass is 35.5. The molecule has 1 aliphatic carbocycles. The van der Waals surface area contributed by atoms with Crippen molar-refractivity contribution in [1.82, 2.24) is 9.80 Å². The van der Waals surface area contributed by atoms with E-state index in [2.05, 4.69) is 10.2 Å². The lowest BCUT2D eigenvalue weighted by atomic mass is 9.84. The lowest BCUT2D eigenvalue weighted by Crippen LogP contribution is -2.41. The zero-order valence-corrected chi connectivity index (χ0v) is 15.3. The first-order chi connectivity index (χ1) is 12.1. The molecule has 1 aromatic rings. The van der Waals surface area contributed by atoms with Crippen LogP contribution in [0.15, 0.2) is 24.3 Å². The number of anilines is 1. The molecule has 2 aliphatic rings. The van der Waals surface area contributed by atoms with Crippen LogP contribution >= 0.6 is 11.6 Å². The van der Waals surface area contributed by atoms with Crippen LogP contribution in [0.4, 0.5) is 5.69 Å². The number of benzene rings is 1.